The molecule has 0 aromatic carbocycles. The molecule has 2 aromatic rings. The molecule has 2 fully saturated rings. The Morgan fingerprint density at radius 2 is 1.78 bits per heavy atom. The van der Waals surface area contributed by atoms with Crippen LogP contribution in [0.3, 0.4) is 0 Å². The van der Waals surface area contributed by atoms with E-state index in [0.29, 0.717) is 34.9 Å². The third-order valence-corrected chi connectivity index (χ3v) is 8.60. The Hall–Kier alpha value is -2.87. The number of carbonyl (C=O) groups is 3. The maximum absolute atomic E-state index is 13.4. The first-order chi connectivity index (χ1) is 16.8. The van der Waals surface area contributed by atoms with Gasteiger partial charge < -0.3 is 20.9 Å². The summed E-state index contributed by atoms with van der Waals surface area (Å²) in [7, 11) is 0. The highest BCUT2D eigenvalue weighted by atomic mass is 35.5. The molecular weight excluding hydrogens is 478 g/mol. The Morgan fingerprint density at radius 1 is 1.11 bits per heavy atom. The predicted octanol–water partition coefficient (Wildman–Crippen LogP) is 4.15. The van der Waals surface area contributed by atoms with Crippen molar-refractivity contribution in [3.8, 4) is 11.1 Å². The molecule has 2 aliphatic carbocycles. The van der Waals surface area contributed by atoms with Crippen molar-refractivity contribution in [1.29, 1.82) is 0 Å². The molecule has 0 saturated heterocycles. The van der Waals surface area contributed by atoms with Crippen LogP contribution < -0.4 is 16.4 Å². The summed E-state index contributed by atoms with van der Waals surface area (Å²) < 4.78 is 1.99. The number of nitrogens with one attached hydrogen (secondary N) is 2. The van der Waals surface area contributed by atoms with Crippen molar-refractivity contribution in [3.63, 3.8) is 0 Å². The van der Waals surface area contributed by atoms with Gasteiger partial charge in [0.05, 0.1) is 5.02 Å². The summed E-state index contributed by atoms with van der Waals surface area (Å²) >= 11 is 6.57. The molecule has 4 N–H and O–H groups in total. The number of aromatic nitrogens is 2. The Labute approximate surface area is 216 Å². The van der Waals surface area contributed by atoms with Gasteiger partial charge in [-0.2, -0.15) is 0 Å². The maximum atomic E-state index is 13.4. The molecule has 3 aliphatic rings. The number of rotatable bonds is 5. The summed E-state index contributed by atoms with van der Waals surface area (Å²) in [5.41, 5.74) is 8.24. The zero-order valence-electron chi connectivity index (χ0n) is 21.3. The number of halogens is 1. The van der Waals surface area contributed by atoms with Crippen molar-refractivity contribution >= 4 is 35.1 Å². The second-order valence-electron chi connectivity index (χ2n) is 12.0. The molecule has 2 saturated carbocycles. The Kier molecular flexibility index (Phi) is 5.93. The van der Waals surface area contributed by atoms with E-state index >= 15 is 0 Å². The molecule has 0 spiro atoms. The summed E-state index contributed by atoms with van der Waals surface area (Å²) in [6.07, 6.45) is 5.78. The highest BCUT2D eigenvalue weighted by molar-refractivity contribution is 6.33. The normalized spacial score (nSPS) is 28.0. The van der Waals surface area contributed by atoms with Gasteiger partial charge >= 0.3 is 0 Å². The topological polar surface area (TPSA) is 119 Å². The second kappa shape index (κ2) is 8.61. The van der Waals surface area contributed by atoms with Gasteiger partial charge in [0.1, 0.15) is 11.5 Å². The first kappa shape index (κ1) is 24.8. The summed E-state index contributed by atoms with van der Waals surface area (Å²) in [5, 5.41) is 6.52. The average Bonchev–Trinajstić information content (AvgIpc) is 3.45. The molecule has 36 heavy (non-hydrogen) atoms. The lowest BCUT2D eigenvalue weighted by atomic mass is 9.84. The number of hydrogen-bond donors (Lipinski definition) is 3. The van der Waals surface area contributed by atoms with E-state index in [1.807, 2.05) is 11.5 Å². The maximum Gasteiger partial charge on any atom is 0.265 e. The van der Waals surface area contributed by atoms with Gasteiger partial charge in [0, 0.05) is 47.9 Å². The molecule has 0 radical (unpaired) electrons. The van der Waals surface area contributed by atoms with E-state index in [1.165, 1.54) is 0 Å². The molecule has 2 unspecified atom stereocenters. The number of amides is 3. The molecule has 1 aliphatic heterocycles. The van der Waals surface area contributed by atoms with Crippen molar-refractivity contribution in [3.05, 3.63) is 34.7 Å². The summed E-state index contributed by atoms with van der Waals surface area (Å²) in [5.74, 6) is 0.794. The number of primary amides is 1. The third kappa shape index (κ3) is 4.40. The fraction of sp³-hybridized carbons (Fsp3) is 0.556. The monoisotopic (exact) mass is 511 g/mol. The van der Waals surface area contributed by atoms with E-state index in [0.717, 1.165) is 48.9 Å². The Balaban J connectivity index is 1.36. The first-order valence-electron chi connectivity index (χ1n) is 12.6. The number of fused-ring (bicyclic) bond motifs is 2. The van der Waals surface area contributed by atoms with Gasteiger partial charge in [0.25, 0.3) is 5.91 Å². The van der Waals surface area contributed by atoms with Crippen molar-refractivity contribution < 1.29 is 14.4 Å². The lowest BCUT2D eigenvalue weighted by Crippen LogP contribution is -2.35. The molecule has 192 valence electrons. The van der Waals surface area contributed by atoms with Gasteiger partial charge in [0.15, 0.2) is 0 Å². The SMILES string of the molecule is CC(=O)NC1C[C@@H]2CC(C)(C(=O)Nc3cc(-c4cc(C(N)=O)n5c4CC(C)(C)C5)c(Cl)cn3)C[C@@H]2C1. The predicted molar refractivity (Wildman–Crippen MR) is 138 cm³/mol. The van der Waals surface area contributed by atoms with Gasteiger partial charge in [-0.05, 0) is 61.5 Å². The standard InChI is InChI=1S/C27H34ClN5O3/c1-14(34)31-17-5-15-9-27(4,10-16(15)6-17)25(36)32-23-8-18(20(28)12-30-23)19-7-21(24(29)35)33-13-26(2,3)11-22(19)33/h7-8,12,15-17H,5-6,9-11,13H2,1-4H3,(H2,29,35)(H,31,34)(H,30,32,36)/t15-,16+,17?,27?. The van der Waals surface area contributed by atoms with E-state index in [9.17, 15) is 14.4 Å². The minimum atomic E-state index is -0.488. The van der Waals surface area contributed by atoms with Crippen molar-refractivity contribution in [2.24, 2.45) is 28.4 Å². The van der Waals surface area contributed by atoms with E-state index in [2.05, 4.69) is 29.5 Å². The van der Waals surface area contributed by atoms with Gasteiger partial charge in [-0.1, -0.05) is 32.4 Å². The lowest BCUT2D eigenvalue weighted by Gasteiger charge is -2.25. The second-order valence-corrected chi connectivity index (χ2v) is 12.4. The van der Waals surface area contributed by atoms with Crippen LogP contribution in [0.15, 0.2) is 18.3 Å². The molecule has 4 atom stereocenters. The van der Waals surface area contributed by atoms with E-state index in [1.54, 1.807) is 25.3 Å². The fourth-order valence-corrected chi connectivity index (χ4v) is 7.06. The number of carbonyl (C=O) groups excluding carboxylic acids is 3. The molecule has 8 nitrogen and oxygen atoms in total. The number of nitrogens with zero attached hydrogens (tertiary/aromatic N) is 2. The minimum absolute atomic E-state index is 0.000170. The lowest BCUT2D eigenvalue weighted by molar-refractivity contribution is -0.125. The molecule has 5 rings (SSSR count). The average molecular weight is 512 g/mol. The van der Waals surface area contributed by atoms with Crippen LogP contribution in [0.4, 0.5) is 5.82 Å². The highest BCUT2D eigenvalue weighted by Gasteiger charge is 2.50. The van der Waals surface area contributed by atoms with Crippen molar-refractivity contribution in [1.82, 2.24) is 14.9 Å². The van der Waals surface area contributed by atoms with Gasteiger partial charge in [-0.15, -0.1) is 0 Å². The summed E-state index contributed by atoms with van der Waals surface area (Å²) in [4.78, 5) is 41.3. The number of hydrogen-bond acceptors (Lipinski definition) is 4. The number of nitrogens with two attached hydrogens (primary N) is 1. The highest BCUT2D eigenvalue weighted by Crippen LogP contribution is 2.53. The fourth-order valence-electron chi connectivity index (χ4n) is 6.86. The van der Waals surface area contributed by atoms with Crippen LogP contribution in [0.2, 0.25) is 5.02 Å². The van der Waals surface area contributed by atoms with E-state index in [-0.39, 0.29) is 23.3 Å². The largest absolute Gasteiger partial charge is 0.364 e. The first-order valence-corrected chi connectivity index (χ1v) is 13.0. The minimum Gasteiger partial charge on any atom is -0.364 e. The van der Waals surface area contributed by atoms with Crippen molar-refractivity contribution in [2.75, 3.05) is 5.32 Å². The molecule has 3 amide bonds. The zero-order valence-corrected chi connectivity index (χ0v) is 22.0. The Morgan fingerprint density at radius 3 is 2.39 bits per heavy atom. The number of anilines is 1. The molecular formula is C27H34ClN5O3. The molecule has 3 heterocycles. The third-order valence-electron chi connectivity index (χ3n) is 8.30. The van der Waals surface area contributed by atoms with Crippen LogP contribution in [-0.2, 0) is 22.6 Å². The van der Waals surface area contributed by atoms with Gasteiger partial charge in [0.2, 0.25) is 11.8 Å². The van der Waals surface area contributed by atoms with E-state index < -0.39 is 11.3 Å². The number of pyridine rings is 1. The van der Waals surface area contributed by atoms with Crippen LogP contribution in [0, 0.1) is 22.7 Å². The molecule has 9 heteroatoms. The van der Waals surface area contributed by atoms with E-state index in [4.69, 9.17) is 17.3 Å². The smallest absolute Gasteiger partial charge is 0.265 e. The van der Waals surface area contributed by atoms with Crippen LogP contribution in [0.1, 0.15) is 69.6 Å². The Bertz CT molecular complexity index is 1250. The quantitative estimate of drug-likeness (QED) is 0.558. The van der Waals surface area contributed by atoms with Gasteiger partial charge in [-0.25, -0.2) is 4.98 Å². The zero-order chi connectivity index (χ0) is 26.0. The summed E-state index contributed by atoms with van der Waals surface area (Å²) in [6, 6.07) is 3.80. The summed E-state index contributed by atoms with van der Waals surface area (Å²) in [6.45, 7) is 8.59. The van der Waals surface area contributed by atoms with Crippen molar-refractivity contribution in [2.45, 2.75) is 72.4 Å². The van der Waals surface area contributed by atoms with Crippen LogP contribution in [0.25, 0.3) is 11.1 Å². The van der Waals surface area contributed by atoms with Crippen LogP contribution >= 0.6 is 11.6 Å². The molecule has 0 bridgehead atoms. The van der Waals surface area contributed by atoms with Crippen LogP contribution in [-0.4, -0.2) is 33.3 Å². The van der Waals surface area contributed by atoms with Gasteiger partial charge in [-0.3, -0.25) is 14.4 Å². The van der Waals surface area contributed by atoms with Crippen LogP contribution in [0.5, 0.6) is 0 Å². The molecule has 2 aromatic heterocycles.